The number of nitrogen functional groups attached to an aromatic ring is 1. The van der Waals surface area contributed by atoms with Crippen molar-refractivity contribution >= 4 is 5.82 Å². The Kier molecular flexibility index (Phi) is 3.79. The molecule has 0 aliphatic rings. The lowest BCUT2D eigenvalue weighted by Crippen LogP contribution is -2.08. The van der Waals surface area contributed by atoms with Gasteiger partial charge in [0.2, 0.25) is 0 Å². The highest BCUT2D eigenvalue weighted by Crippen LogP contribution is 2.24. The SMILES string of the molecule is CC(C)c1ccc(Oc2ccnc(NN)c2)cc1. The predicted molar refractivity (Wildman–Crippen MR) is 72.7 cm³/mol. The van der Waals surface area contributed by atoms with Crippen molar-refractivity contribution in [2.75, 3.05) is 5.43 Å². The van der Waals surface area contributed by atoms with Crippen molar-refractivity contribution in [3.05, 3.63) is 48.2 Å². The van der Waals surface area contributed by atoms with Crippen LogP contribution in [0, 0.1) is 0 Å². The Morgan fingerprint density at radius 3 is 2.44 bits per heavy atom. The second-order valence-electron chi connectivity index (χ2n) is 4.35. The summed E-state index contributed by atoms with van der Waals surface area (Å²) in [6.45, 7) is 4.33. The van der Waals surface area contributed by atoms with Gasteiger partial charge in [-0.3, -0.25) is 0 Å². The van der Waals surface area contributed by atoms with E-state index in [1.807, 2.05) is 12.1 Å². The van der Waals surface area contributed by atoms with Crippen LogP contribution in [0.4, 0.5) is 5.82 Å². The van der Waals surface area contributed by atoms with Crippen molar-refractivity contribution < 1.29 is 4.74 Å². The van der Waals surface area contributed by atoms with Crippen LogP contribution in [0.2, 0.25) is 0 Å². The van der Waals surface area contributed by atoms with Crippen LogP contribution in [0.15, 0.2) is 42.6 Å². The molecule has 1 aromatic heterocycles. The summed E-state index contributed by atoms with van der Waals surface area (Å²) >= 11 is 0. The molecule has 94 valence electrons. The Morgan fingerprint density at radius 2 is 1.83 bits per heavy atom. The van der Waals surface area contributed by atoms with Gasteiger partial charge in [-0.2, -0.15) is 0 Å². The minimum Gasteiger partial charge on any atom is -0.457 e. The number of nitrogens with two attached hydrogens (primary N) is 1. The molecule has 0 bridgehead atoms. The van der Waals surface area contributed by atoms with Crippen molar-refractivity contribution in [2.24, 2.45) is 5.84 Å². The lowest BCUT2D eigenvalue weighted by Gasteiger charge is -2.09. The molecule has 0 radical (unpaired) electrons. The number of aromatic nitrogens is 1. The molecule has 3 N–H and O–H groups in total. The Morgan fingerprint density at radius 1 is 1.11 bits per heavy atom. The number of nitrogens with one attached hydrogen (secondary N) is 1. The monoisotopic (exact) mass is 243 g/mol. The Hall–Kier alpha value is -2.07. The molecule has 0 saturated heterocycles. The quantitative estimate of drug-likeness (QED) is 0.639. The van der Waals surface area contributed by atoms with Gasteiger partial charge in [0.15, 0.2) is 0 Å². The fraction of sp³-hybridized carbons (Fsp3) is 0.214. The number of nitrogens with zero attached hydrogens (tertiary/aromatic N) is 1. The normalized spacial score (nSPS) is 10.4. The van der Waals surface area contributed by atoms with E-state index in [9.17, 15) is 0 Å². The van der Waals surface area contributed by atoms with Crippen molar-refractivity contribution in [3.63, 3.8) is 0 Å². The summed E-state index contributed by atoms with van der Waals surface area (Å²) in [6, 6.07) is 11.6. The van der Waals surface area contributed by atoms with Crippen LogP contribution in [0.5, 0.6) is 11.5 Å². The number of anilines is 1. The zero-order chi connectivity index (χ0) is 13.0. The molecule has 0 amide bonds. The first-order valence-corrected chi connectivity index (χ1v) is 5.89. The molecular formula is C14H17N3O. The molecule has 0 aliphatic carbocycles. The van der Waals surface area contributed by atoms with E-state index < -0.39 is 0 Å². The van der Waals surface area contributed by atoms with E-state index in [0.29, 0.717) is 17.5 Å². The third-order valence-corrected chi connectivity index (χ3v) is 2.66. The number of hydrazine groups is 1. The standard InChI is InChI=1S/C14H17N3O/c1-10(2)11-3-5-12(6-4-11)18-13-7-8-16-14(9-13)17-15/h3-10H,15H2,1-2H3,(H,16,17). The molecule has 0 saturated carbocycles. The van der Waals surface area contributed by atoms with Gasteiger partial charge in [-0.15, -0.1) is 0 Å². The highest BCUT2D eigenvalue weighted by atomic mass is 16.5. The first-order valence-electron chi connectivity index (χ1n) is 5.89. The smallest absolute Gasteiger partial charge is 0.143 e. The first kappa shape index (κ1) is 12.4. The van der Waals surface area contributed by atoms with Gasteiger partial charge in [-0.05, 0) is 29.7 Å². The number of hydrogen-bond donors (Lipinski definition) is 2. The molecule has 2 rings (SSSR count). The van der Waals surface area contributed by atoms with Crippen LogP contribution in [0.25, 0.3) is 0 Å². The summed E-state index contributed by atoms with van der Waals surface area (Å²) in [7, 11) is 0. The van der Waals surface area contributed by atoms with E-state index in [0.717, 1.165) is 5.75 Å². The third kappa shape index (κ3) is 2.99. The Bertz CT molecular complexity index is 509. The lowest BCUT2D eigenvalue weighted by atomic mass is 10.0. The summed E-state index contributed by atoms with van der Waals surface area (Å²) < 4.78 is 5.72. The summed E-state index contributed by atoms with van der Waals surface area (Å²) in [6.07, 6.45) is 1.65. The predicted octanol–water partition coefficient (Wildman–Crippen LogP) is 3.28. The summed E-state index contributed by atoms with van der Waals surface area (Å²) in [5.41, 5.74) is 3.78. The molecule has 4 nitrogen and oxygen atoms in total. The van der Waals surface area contributed by atoms with Gasteiger partial charge in [0, 0.05) is 12.3 Å². The molecule has 0 unspecified atom stereocenters. The summed E-state index contributed by atoms with van der Waals surface area (Å²) in [5, 5.41) is 0. The summed E-state index contributed by atoms with van der Waals surface area (Å²) in [4.78, 5) is 4.02. The summed E-state index contributed by atoms with van der Waals surface area (Å²) in [5.74, 6) is 7.90. The molecule has 0 atom stereocenters. The van der Waals surface area contributed by atoms with Gasteiger partial charge < -0.3 is 10.2 Å². The number of ether oxygens (including phenoxy) is 1. The van der Waals surface area contributed by atoms with Gasteiger partial charge in [0.1, 0.15) is 17.3 Å². The second-order valence-corrected chi connectivity index (χ2v) is 4.35. The van der Waals surface area contributed by atoms with Gasteiger partial charge in [0.05, 0.1) is 0 Å². The molecular weight excluding hydrogens is 226 g/mol. The molecule has 1 heterocycles. The second kappa shape index (κ2) is 5.51. The van der Waals surface area contributed by atoms with Crippen LogP contribution in [0.1, 0.15) is 25.3 Å². The minimum absolute atomic E-state index is 0.521. The lowest BCUT2D eigenvalue weighted by molar-refractivity contribution is 0.482. The minimum atomic E-state index is 0.521. The van der Waals surface area contributed by atoms with E-state index in [-0.39, 0.29) is 0 Å². The average molecular weight is 243 g/mol. The van der Waals surface area contributed by atoms with Crippen molar-refractivity contribution in [1.82, 2.24) is 4.98 Å². The highest BCUT2D eigenvalue weighted by Gasteiger charge is 2.01. The van der Waals surface area contributed by atoms with Crippen molar-refractivity contribution in [1.29, 1.82) is 0 Å². The molecule has 0 aliphatic heterocycles. The van der Waals surface area contributed by atoms with Crippen LogP contribution in [0.3, 0.4) is 0 Å². The zero-order valence-corrected chi connectivity index (χ0v) is 10.6. The molecule has 4 heteroatoms. The van der Waals surface area contributed by atoms with Gasteiger partial charge in [-0.1, -0.05) is 26.0 Å². The van der Waals surface area contributed by atoms with Gasteiger partial charge in [0.25, 0.3) is 0 Å². The van der Waals surface area contributed by atoms with Gasteiger partial charge >= 0.3 is 0 Å². The fourth-order valence-corrected chi connectivity index (χ4v) is 1.61. The van der Waals surface area contributed by atoms with Crippen molar-refractivity contribution in [3.8, 4) is 11.5 Å². The van der Waals surface area contributed by atoms with E-state index in [4.69, 9.17) is 10.6 Å². The number of hydrogen-bond acceptors (Lipinski definition) is 4. The van der Waals surface area contributed by atoms with E-state index in [1.54, 1.807) is 18.3 Å². The highest BCUT2D eigenvalue weighted by molar-refractivity contribution is 5.41. The largest absolute Gasteiger partial charge is 0.457 e. The van der Waals surface area contributed by atoms with Gasteiger partial charge in [-0.25, -0.2) is 10.8 Å². The van der Waals surface area contributed by atoms with Crippen molar-refractivity contribution in [2.45, 2.75) is 19.8 Å². The van der Waals surface area contributed by atoms with E-state index in [2.05, 4.69) is 36.4 Å². The maximum absolute atomic E-state index is 5.72. The number of benzene rings is 1. The average Bonchev–Trinajstić information content (AvgIpc) is 2.39. The van der Waals surface area contributed by atoms with Crippen LogP contribution in [-0.2, 0) is 0 Å². The maximum atomic E-state index is 5.72. The maximum Gasteiger partial charge on any atom is 0.143 e. The topological polar surface area (TPSA) is 60.2 Å². The Balaban J connectivity index is 2.13. The van der Waals surface area contributed by atoms with Crippen LogP contribution in [-0.4, -0.2) is 4.98 Å². The zero-order valence-electron chi connectivity index (χ0n) is 10.6. The van der Waals surface area contributed by atoms with E-state index in [1.165, 1.54) is 5.56 Å². The third-order valence-electron chi connectivity index (χ3n) is 2.66. The molecule has 0 spiro atoms. The number of rotatable bonds is 4. The molecule has 18 heavy (non-hydrogen) atoms. The molecule has 1 aromatic carbocycles. The van der Waals surface area contributed by atoms with Crippen LogP contribution < -0.4 is 16.0 Å². The van der Waals surface area contributed by atoms with E-state index >= 15 is 0 Å². The fourth-order valence-electron chi connectivity index (χ4n) is 1.61. The molecule has 2 aromatic rings. The molecule has 0 fully saturated rings. The number of pyridine rings is 1. The first-order chi connectivity index (χ1) is 8.69. The van der Waals surface area contributed by atoms with Crippen LogP contribution >= 0.6 is 0 Å². The Labute approximate surface area is 107 Å².